The molecule has 0 spiro atoms. The summed E-state index contributed by atoms with van der Waals surface area (Å²) in [6.45, 7) is 10.9. The van der Waals surface area contributed by atoms with Crippen LogP contribution in [-0.2, 0) is 0 Å². The van der Waals surface area contributed by atoms with Gasteiger partial charge < -0.3 is 20.6 Å². The van der Waals surface area contributed by atoms with Gasteiger partial charge in [-0.1, -0.05) is 13.8 Å². The number of carboxylic acid groups (broad SMARTS) is 1. The summed E-state index contributed by atoms with van der Waals surface area (Å²) in [6, 6.07) is 1.47. The zero-order valence-electron chi connectivity index (χ0n) is 13.2. The maximum atomic E-state index is 11.3. The van der Waals surface area contributed by atoms with Crippen molar-refractivity contribution in [1.82, 2.24) is 9.88 Å². The van der Waals surface area contributed by atoms with Crippen molar-refractivity contribution in [2.24, 2.45) is 0 Å². The van der Waals surface area contributed by atoms with E-state index in [4.69, 9.17) is 5.73 Å². The van der Waals surface area contributed by atoms with Crippen molar-refractivity contribution in [2.45, 2.75) is 27.2 Å². The molecule has 0 aliphatic carbocycles. The summed E-state index contributed by atoms with van der Waals surface area (Å²) in [5.74, 6) is -0.495. The molecule has 0 aliphatic heterocycles. The van der Waals surface area contributed by atoms with Gasteiger partial charge in [-0.2, -0.15) is 0 Å². The molecule has 3 N–H and O–H groups in total. The lowest BCUT2D eigenvalue weighted by atomic mass is 10.2. The number of nitrogen functional groups attached to an aromatic ring is 1. The molecule has 0 amide bonds. The molecule has 1 aromatic heterocycles. The third-order valence-corrected chi connectivity index (χ3v) is 3.60. The summed E-state index contributed by atoms with van der Waals surface area (Å²) in [7, 11) is 0. The lowest BCUT2D eigenvalue weighted by Gasteiger charge is -2.25. The fourth-order valence-electron chi connectivity index (χ4n) is 2.32. The van der Waals surface area contributed by atoms with Crippen LogP contribution in [0, 0.1) is 0 Å². The highest BCUT2D eigenvalue weighted by Crippen LogP contribution is 2.20. The van der Waals surface area contributed by atoms with Crippen molar-refractivity contribution in [3.63, 3.8) is 0 Å². The minimum atomic E-state index is -0.994. The van der Waals surface area contributed by atoms with E-state index in [1.54, 1.807) is 0 Å². The highest BCUT2D eigenvalue weighted by atomic mass is 16.4. The molecular weight excluding hydrogens is 268 g/mol. The number of carboxylic acids is 1. The van der Waals surface area contributed by atoms with Gasteiger partial charge in [0, 0.05) is 13.1 Å². The van der Waals surface area contributed by atoms with Crippen LogP contribution in [0.1, 0.15) is 37.6 Å². The Hall–Kier alpha value is -1.82. The lowest BCUT2D eigenvalue weighted by molar-refractivity contribution is 0.0697. The van der Waals surface area contributed by atoms with Gasteiger partial charge in [0.05, 0.1) is 11.9 Å². The summed E-state index contributed by atoms with van der Waals surface area (Å²) >= 11 is 0. The van der Waals surface area contributed by atoms with Crippen LogP contribution in [0.5, 0.6) is 0 Å². The molecule has 1 aromatic rings. The number of anilines is 2. The molecule has 118 valence electrons. The summed E-state index contributed by atoms with van der Waals surface area (Å²) in [5, 5.41) is 9.29. The van der Waals surface area contributed by atoms with Crippen LogP contribution < -0.4 is 10.6 Å². The number of hydrogen-bond donors (Lipinski definition) is 2. The fraction of sp³-hybridized carbons (Fsp3) is 0.600. The number of aromatic nitrogens is 1. The number of rotatable bonds is 9. The quantitative estimate of drug-likeness (QED) is 0.724. The molecule has 0 aliphatic rings. The monoisotopic (exact) mass is 294 g/mol. The van der Waals surface area contributed by atoms with Gasteiger partial charge >= 0.3 is 5.97 Å². The first kappa shape index (κ1) is 17.2. The third kappa shape index (κ3) is 4.90. The second-order valence-electron chi connectivity index (χ2n) is 4.91. The molecule has 0 atom stereocenters. The molecule has 0 unspecified atom stereocenters. The lowest BCUT2D eigenvalue weighted by Crippen LogP contribution is -2.31. The van der Waals surface area contributed by atoms with Gasteiger partial charge in [-0.3, -0.25) is 0 Å². The van der Waals surface area contributed by atoms with Crippen molar-refractivity contribution >= 4 is 17.5 Å². The van der Waals surface area contributed by atoms with Crippen molar-refractivity contribution in [2.75, 3.05) is 43.4 Å². The average Bonchev–Trinajstić information content (AvgIpc) is 2.48. The van der Waals surface area contributed by atoms with Crippen molar-refractivity contribution in [3.05, 3.63) is 17.8 Å². The van der Waals surface area contributed by atoms with Crippen LogP contribution >= 0.6 is 0 Å². The summed E-state index contributed by atoms with van der Waals surface area (Å²) in [4.78, 5) is 19.9. The first-order valence-corrected chi connectivity index (χ1v) is 7.49. The Bertz CT molecular complexity index is 461. The van der Waals surface area contributed by atoms with E-state index >= 15 is 0 Å². The van der Waals surface area contributed by atoms with Gasteiger partial charge in [-0.05, 0) is 39.0 Å². The molecule has 0 saturated heterocycles. The van der Waals surface area contributed by atoms with Gasteiger partial charge in [0.15, 0.2) is 0 Å². The fourth-order valence-corrected chi connectivity index (χ4v) is 2.32. The van der Waals surface area contributed by atoms with E-state index in [2.05, 4.69) is 23.7 Å². The molecular formula is C15H26N4O2. The van der Waals surface area contributed by atoms with E-state index in [9.17, 15) is 9.90 Å². The first-order chi connectivity index (χ1) is 10.0. The number of aromatic carboxylic acids is 1. The molecule has 6 heteroatoms. The van der Waals surface area contributed by atoms with E-state index in [0.29, 0.717) is 11.5 Å². The van der Waals surface area contributed by atoms with Crippen LogP contribution in [0.15, 0.2) is 12.3 Å². The number of carbonyl (C=O) groups is 1. The van der Waals surface area contributed by atoms with Gasteiger partial charge in [0.2, 0.25) is 0 Å². The molecule has 0 fully saturated rings. The predicted octanol–water partition coefficient (Wildman–Crippen LogP) is 1.92. The highest BCUT2D eigenvalue weighted by molar-refractivity contribution is 5.94. The Kier molecular flexibility index (Phi) is 6.94. The van der Waals surface area contributed by atoms with Crippen LogP contribution in [0.3, 0.4) is 0 Å². The van der Waals surface area contributed by atoms with Crippen LogP contribution in [0.25, 0.3) is 0 Å². The van der Waals surface area contributed by atoms with E-state index in [1.165, 1.54) is 12.3 Å². The van der Waals surface area contributed by atoms with E-state index < -0.39 is 5.97 Å². The first-order valence-electron chi connectivity index (χ1n) is 7.49. The van der Waals surface area contributed by atoms with E-state index in [1.807, 2.05) is 11.8 Å². The molecule has 0 radical (unpaired) electrons. The number of hydrogen-bond acceptors (Lipinski definition) is 5. The standard InChI is InChI=1S/C15H26N4O2/c1-4-18(5-2)8-7-9-19(6-3)14-13(15(20)21)10-12(16)11-17-14/h10-11H,4-9,16H2,1-3H3,(H,20,21). The normalized spacial score (nSPS) is 10.9. The smallest absolute Gasteiger partial charge is 0.339 e. The van der Waals surface area contributed by atoms with Gasteiger partial charge in [0.25, 0.3) is 0 Å². The summed E-state index contributed by atoms with van der Waals surface area (Å²) in [5.41, 5.74) is 6.17. The predicted molar refractivity (Wildman–Crippen MR) is 85.9 cm³/mol. The maximum Gasteiger partial charge on any atom is 0.339 e. The third-order valence-electron chi connectivity index (χ3n) is 3.60. The zero-order valence-corrected chi connectivity index (χ0v) is 13.2. The molecule has 0 saturated carbocycles. The molecule has 1 rings (SSSR count). The molecule has 0 bridgehead atoms. The van der Waals surface area contributed by atoms with Crippen LogP contribution in [0.2, 0.25) is 0 Å². The van der Waals surface area contributed by atoms with E-state index in [0.717, 1.165) is 39.1 Å². The molecule has 0 aromatic carbocycles. The highest BCUT2D eigenvalue weighted by Gasteiger charge is 2.17. The minimum Gasteiger partial charge on any atom is -0.478 e. The maximum absolute atomic E-state index is 11.3. The Morgan fingerprint density at radius 1 is 1.24 bits per heavy atom. The zero-order chi connectivity index (χ0) is 15.8. The Balaban J connectivity index is 2.78. The topological polar surface area (TPSA) is 82.7 Å². The summed E-state index contributed by atoms with van der Waals surface area (Å²) in [6.07, 6.45) is 2.48. The van der Waals surface area contributed by atoms with Gasteiger partial charge in [-0.25, -0.2) is 9.78 Å². The Morgan fingerprint density at radius 3 is 2.43 bits per heavy atom. The van der Waals surface area contributed by atoms with Gasteiger partial charge in [0.1, 0.15) is 11.4 Å². The number of pyridine rings is 1. The largest absolute Gasteiger partial charge is 0.478 e. The average molecular weight is 294 g/mol. The SMILES string of the molecule is CCN(CC)CCCN(CC)c1ncc(N)cc1C(=O)O. The Labute approximate surface area is 126 Å². The van der Waals surface area contributed by atoms with E-state index in [-0.39, 0.29) is 5.56 Å². The summed E-state index contributed by atoms with van der Waals surface area (Å²) < 4.78 is 0. The minimum absolute atomic E-state index is 0.166. The number of nitrogens with zero attached hydrogens (tertiary/aromatic N) is 3. The van der Waals surface area contributed by atoms with Crippen molar-refractivity contribution < 1.29 is 9.90 Å². The van der Waals surface area contributed by atoms with Crippen LogP contribution in [0.4, 0.5) is 11.5 Å². The molecule has 1 heterocycles. The second-order valence-corrected chi connectivity index (χ2v) is 4.91. The van der Waals surface area contributed by atoms with Crippen LogP contribution in [-0.4, -0.2) is 53.7 Å². The van der Waals surface area contributed by atoms with Gasteiger partial charge in [-0.15, -0.1) is 0 Å². The Morgan fingerprint density at radius 2 is 1.90 bits per heavy atom. The van der Waals surface area contributed by atoms with Crippen molar-refractivity contribution in [3.8, 4) is 0 Å². The van der Waals surface area contributed by atoms with Crippen molar-refractivity contribution in [1.29, 1.82) is 0 Å². The molecule has 21 heavy (non-hydrogen) atoms. The second kappa shape index (κ2) is 8.46. The number of nitrogens with two attached hydrogens (primary N) is 1. The molecule has 6 nitrogen and oxygen atoms in total.